The maximum Gasteiger partial charge on any atom is 0.296 e. The second-order valence-electron chi connectivity index (χ2n) is 4.38. The number of halogens is 2. The van der Waals surface area contributed by atoms with Gasteiger partial charge in [-0.2, -0.15) is 0 Å². The first-order valence-electron chi connectivity index (χ1n) is 5.99. The van der Waals surface area contributed by atoms with Crippen LogP contribution >= 0.6 is 10.7 Å². The van der Waals surface area contributed by atoms with Gasteiger partial charge in [0.25, 0.3) is 14.2 Å². The largest absolute Gasteiger partial charge is 0.297 e. The zero-order chi connectivity index (χ0) is 14.9. The van der Waals surface area contributed by atoms with E-state index >= 15 is 0 Å². The zero-order valence-corrected chi connectivity index (χ0v) is 12.5. The van der Waals surface area contributed by atoms with Crippen molar-refractivity contribution >= 4 is 19.7 Å². The molecule has 0 amide bonds. The topological polar surface area (TPSA) is 64.8 Å². The van der Waals surface area contributed by atoms with Gasteiger partial charge >= 0.3 is 0 Å². The SMILES string of the molecule is CCCn1c(-c2ccc(C)cc2F)nnc1S(=O)(=O)Cl. The molecule has 0 aliphatic carbocycles. The van der Waals surface area contributed by atoms with E-state index in [1.54, 1.807) is 19.1 Å². The second kappa shape index (κ2) is 5.49. The minimum Gasteiger partial charge on any atom is -0.297 e. The molecule has 0 bridgehead atoms. The Hall–Kier alpha value is -1.47. The van der Waals surface area contributed by atoms with Gasteiger partial charge in [0.15, 0.2) is 5.82 Å². The predicted octanol–water partition coefficient (Wildman–Crippen LogP) is 2.73. The Morgan fingerprint density at radius 2 is 2.05 bits per heavy atom. The maximum atomic E-state index is 14.0. The van der Waals surface area contributed by atoms with Gasteiger partial charge in [0.1, 0.15) is 5.82 Å². The third kappa shape index (κ3) is 2.83. The van der Waals surface area contributed by atoms with E-state index in [1.165, 1.54) is 10.6 Å². The van der Waals surface area contributed by atoms with Gasteiger partial charge in [0, 0.05) is 17.2 Å². The molecule has 5 nitrogen and oxygen atoms in total. The number of benzene rings is 1. The first-order chi connectivity index (χ1) is 9.34. The molecule has 2 aromatic rings. The molecular weight excluding hydrogens is 305 g/mol. The summed E-state index contributed by atoms with van der Waals surface area (Å²) in [4.78, 5) is 0. The average molecular weight is 318 g/mol. The van der Waals surface area contributed by atoms with Crippen LogP contribution in [0.1, 0.15) is 18.9 Å². The fourth-order valence-corrected chi connectivity index (χ4v) is 2.82. The monoisotopic (exact) mass is 317 g/mol. The smallest absolute Gasteiger partial charge is 0.296 e. The van der Waals surface area contributed by atoms with Crippen molar-refractivity contribution in [3.05, 3.63) is 29.6 Å². The summed E-state index contributed by atoms with van der Waals surface area (Å²) < 4.78 is 38.2. The lowest BCUT2D eigenvalue weighted by atomic mass is 10.1. The highest BCUT2D eigenvalue weighted by Crippen LogP contribution is 2.25. The van der Waals surface area contributed by atoms with Gasteiger partial charge in [-0.25, -0.2) is 12.8 Å². The van der Waals surface area contributed by atoms with Gasteiger partial charge in [-0.05, 0) is 31.0 Å². The Bertz CT molecular complexity index is 743. The van der Waals surface area contributed by atoms with Crippen molar-refractivity contribution in [3.8, 4) is 11.4 Å². The summed E-state index contributed by atoms with van der Waals surface area (Å²) >= 11 is 0. The van der Waals surface area contributed by atoms with E-state index in [4.69, 9.17) is 10.7 Å². The minimum atomic E-state index is -4.02. The summed E-state index contributed by atoms with van der Waals surface area (Å²) in [6, 6.07) is 4.62. The van der Waals surface area contributed by atoms with Crippen molar-refractivity contribution in [2.75, 3.05) is 0 Å². The molecule has 2 rings (SSSR count). The van der Waals surface area contributed by atoms with Gasteiger partial charge < -0.3 is 0 Å². The van der Waals surface area contributed by atoms with Crippen LogP contribution in [0.4, 0.5) is 4.39 Å². The molecule has 0 spiro atoms. The molecule has 0 fully saturated rings. The third-order valence-electron chi connectivity index (χ3n) is 2.75. The summed E-state index contributed by atoms with van der Waals surface area (Å²) in [5, 5.41) is 6.98. The summed E-state index contributed by atoms with van der Waals surface area (Å²) in [5.74, 6) is -0.322. The lowest BCUT2D eigenvalue weighted by Gasteiger charge is -2.08. The van der Waals surface area contributed by atoms with Crippen LogP contribution in [0, 0.1) is 12.7 Å². The molecule has 0 aliphatic rings. The molecule has 0 radical (unpaired) electrons. The quantitative estimate of drug-likeness (QED) is 0.813. The van der Waals surface area contributed by atoms with Crippen LogP contribution in [0.15, 0.2) is 23.4 Å². The average Bonchev–Trinajstić information content (AvgIpc) is 2.73. The van der Waals surface area contributed by atoms with Crippen LogP contribution in [-0.4, -0.2) is 23.2 Å². The Morgan fingerprint density at radius 3 is 2.60 bits per heavy atom. The normalized spacial score (nSPS) is 11.8. The Kier molecular flexibility index (Phi) is 4.10. The third-order valence-corrected chi connectivity index (χ3v) is 3.90. The van der Waals surface area contributed by atoms with Crippen LogP contribution in [0.25, 0.3) is 11.4 Å². The zero-order valence-electron chi connectivity index (χ0n) is 11.0. The molecule has 0 unspecified atom stereocenters. The van der Waals surface area contributed by atoms with Crippen molar-refractivity contribution < 1.29 is 12.8 Å². The van der Waals surface area contributed by atoms with E-state index < -0.39 is 14.9 Å². The Morgan fingerprint density at radius 1 is 1.35 bits per heavy atom. The van der Waals surface area contributed by atoms with Crippen molar-refractivity contribution in [1.82, 2.24) is 14.8 Å². The van der Waals surface area contributed by atoms with E-state index in [9.17, 15) is 12.8 Å². The second-order valence-corrected chi connectivity index (χ2v) is 6.84. The van der Waals surface area contributed by atoms with Gasteiger partial charge in [-0.1, -0.05) is 13.0 Å². The van der Waals surface area contributed by atoms with Gasteiger partial charge in [-0.3, -0.25) is 4.57 Å². The highest BCUT2D eigenvalue weighted by Gasteiger charge is 2.24. The first kappa shape index (κ1) is 14.9. The molecule has 0 saturated heterocycles. The van der Waals surface area contributed by atoms with E-state index in [0.717, 1.165) is 5.56 Å². The first-order valence-corrected chi connectivity index (χ1v) is 8.30. The number of rotatable bonds is 4. The minimum absolute atomic E-state index is 0.156. The van der Waals surface area contributed by atoms with Crippen LogP contribution in [0.2, 0.25) is 0 Å². The van der Waals surface area contributed by atoms with Crippen molar-refractivity contribution in [1.29, 1.82) is 0 Å². The van der Waals surface area contributed by atoms with E-state index in [1.807, 2.05) is 6.92 Å². The molecule has 20 heavy (non-hydrogen) atoms. The standard InChI is InChI=1S/C12H13ClFN3O2S/c1-3-6-17-11(15-16-12(17)20(13,18)19)9-5-4-8(2)7-10(9)14/h4-5,7H,3,6H2,1-2H3. The van der Waals surface area contributed by atoms with Gasteiger partial charge in [0.05, 0.1) is 5.56 Å². The van der Waals surface area contributed by atoms with Crippen molar-refractivity contribution in [2.45, 2.75) is 32.0 Å². The molecule has 0 aliphatic heterocycles. The van der Waals surface area contributed by atoms with E-state index in [2.05, 4.69) is 10.2 Å². The van der Waals surface area contributed by atoms with Crippen molar-refractivity contribution in [2.24, 2.45) is 0 Å². The van der Waals surface area contributed by atoms with Crippen LogP contribution in [0.5, 0.6) is 0 Å². The number of hydrogen-bond donors (Lipinski definition) is 0. The molecular formula is C12H13ClFN3O2S. The lowest BCUT2D eigenvalue weighted by molar-refractivity contribution is 0.568. The fourth-order valence-electron chi connectivity index (χ4n) is 1.89. The molecule has 0 atom stereocenters. The number of nitrogens with zero attached hydrogens (tertiary/aromatic N) is 3. The van der Waals surface area contributed by atoms with Gasteiger partial charge in [-0.15, -0.1) is 10.2 Å². The van der Waals surface area contributed by atoms with Crippen molar-refractivity contribution in [3.63, 3.8) is 0 Å². The Labute approximate surface area is 120 Å². The Balaban J connectivity index is 2.66. The molecule has 108 valence electrons. The van der Waals surface area contributed by atoms with E-state index in [0.29, 0.717) is 13.0 Å². The number of hydrogen-bond acceptors (Lipinski definition) is 4. The highest BCUT2D eigenvalue weighted by atomic mass is 35.7. The molecule has 0 N–H and O–H groups in total. The summed E-state index contributed by atoms with van der Waals surface area (Å²) in [6.45, 7) is 3.95. The fraction of sp³-hybridized carbons (Fsp3) is 0.333. The van der Waals surface area contributed by atoms with Crippen LogP contribution in [0.3, 0.4) is 0 Å². The van der Waals surface area contributed by atoms with Crippen LogP contribution < -0.4 is 0 Å². The van der Waals surface area contributed by atoms with Crippen LogP contribution in [-0.2, 0) is 15.6 Å². The molecule has 1 aromatic heterocycles. The molecule has 1 aromatic carbocycles. The predicted molar refractivity (Wildman–Crippen MR) is 73.5 cm³/mol. The lowest BCUT2D eigenvalue weighted by Crippen LogP contribution is -2.08. The molecule has 1 heterocycles. The maximum absolute atomic E-state index is 14.0. The molecule has 0 saturated carbocycles. The summed E-state index contributed by atoms with van der Waals surface area (Å²) in [6.07, 6.45) is 0.637. The summed E-state index contributed by atoms with van der Waals surface area (Å²) in [7, 11) is 1.30. The van der Waals surface area contributed by atoms with Gasteiger partial charge in [0.2, 0.25) is 0 Å². The summed E-state index contributed by atoms with van der Waals surface area (Å²) in [5.41, 5.74) is 0.959. The number of aromatic nitrogens is 3. The van der Waals surface area contributed by atoms with E-state index in [-0.39, 0.29) is 16.5 Å². The molecule has 8 heteroatoms. The number of aryl methyl sites for hydroxylation is 1. The highest BCUT2D eigenvalue weighted by molar-refractivity contribution is 8.13.